The van der Waals surface area contributed by atoms with E-state index < -0.39 is 0 Å². The van der Waals surface area contributed by atoms with Crippen molar-refractivity contribution in [3.63, 3.8) is 0 Å². The molecular formula is C12H13N3OS. The normalized spacial score (nSPS) is 9.94. The fourth-order valence-electron chi connectivity index (χ4n) is 1.41. The van der Waals surface area contributed by atoms with E-state index in [-0.39, 0.29) is 5.91 Å². The van der Waals surface area contributed by atoms with Crippen LogP contribution in [-0.4, -0.2) is 17.9 Å². The Balaban J connectivity index is 1.96. The van der Waals surface area contributed by atoms with Crippen molar-refractivity contribution in [3.05, 3.63) is 47.0 Å². The highest BCUT2D eigenvalue weighted by molar-refractivity contribution is 7.13. The van der Waals surface area contributed by atoms with Crippen molar-refractivity contribution in [3.8, 4) is 0 Å². The summed E-state index contributed by atoms with van der Waals surface area (Å²) in [6.07, 6.45) is 1.77. The number of nitrogens with one attached hydrogen (secondary N) is 2. The van der Waals surface area contributed by atoms with E-state index >= 15 is 0 Å². The molecule has 17 heavy (non-hydrogen) atoms. The van der Waals surface area contributed by atoms with Crippen molar-refractivity contribution in [2.45, 2.75) is 6.54 Å². The zero-order chi connectivity index (χ0) is 12.1. The van der Waals surface area contributed by atoms with Crippen molar-refractivity contribution < 1.29 is 4.79 Å². The summed E-state index contributed by atoms with van der Waals surface area (Å²) in [6, 6.07) is 7.51. The summed E-state index contributed by atoms with van der Waals surface area (Å²) in [5, 5.41) is 8.63. The molecule has 2 aromatic rings. The summed E-state index contributed by atoms with van der Waals surface area (Å²) in [5.74, 6) is -0.0653. The van der Waals surface area contributed by atoms with Crippen molar-refractivity contribution in [1.29, 1.82) is 0 Å². The minimum absolute atomic E-state index is 0.0653. The minimum Gasteiger partial charge on any atom is -0.357 e. The molecule has 0 bridgehead atoms. The Hall–Kier alpha value is -1.88. The maximum atomic E-state index is 11.3. The smallest absolute Gasteiger partial charge is 0.251 e. The zero-order valence-electron chi connectivity index (χ0n) is 9.43. The first kappa shape index (κ1) is 11.6. The monoisotopic (exact) mass is 247 g/mol. The van der Waals surface area contributed by atoms with Crippen LogP contribution in [0.1, 0.15) is 15.9 Å². The molecule has 0 atom stereocenters. The molecule has 0 aliphatic rings. The highest BCUT2D eigenvalue weighted by atomic mass is 32.1. The number of carbonyl (C=O) groups excluding carboxylic acids is 1. The van der Waals surface area contributed by atoms with Gasteiger partial charge in [-0.25, -0.2) is 4.98 Å². The number of thiazole rings is 1. The molecule has 0 saturated heterocycles. The van der Waals surface area contributed by atoms with Crippen LogP contribution in [-0.2, 0) is 6.54 Å². The molecule has 0 fully saturated rings. The highest BCUT2D eigenvalue weighted by Gasteiger charge is 2.02. The lowest BCUT2D eigenvalue weighted by Crippen LogP contribution is -2.17. The SMILES string of the molecule is CNC(=O)c1ccc(CNc2nccs2)cc1. The summed E-state index contributed by atoms with van der Waals surface area (Å²) in [5.41, 5.74) is 1.79. The Kier molecular flexibility index (Phi) is 3.72. The van der Waals surface area contributed by atoms with Gasteiger partial charge in [-0.05, 0) is 17.7 Å². The van der Waals surface area contributed by atoms with Crippen molar-refractivity contribution in [2.24, 2.45) is 0 Å². The summed E-state index contributed by atoms with van der Waals surface area (Å²) < 4.78 is 0. The van der Waals surface area contributed by atoms with Gasteiger partial charge in [0.25, 0.3) is 5.91 Å². The molecule has 0 unspecified atom stereocenters. The van der Waals surface area contributed by atoms with Gasteiger partial charge in [-0.1, -0.05) is 12.1 Å². The van der Waals surface area contributed by atoms with Gasteiger partial charge in [-0.2, -0.15) is 0 Å². The Labute approximate surface area is 104 Å². The number of rotatable bonds is 4. The molecule has 4 nitrogen and oxygen atoms in total. The second-order valence-electron chi connectivity index (χ2n) is 3.47. The quantitative estimate of drug-likeness (QED) is 0.870. The highest BCUT2D eigenvalue weighted by Crippen LogP contribution is 2.12. The molecule has 0 aliphatic carbocycles. The molecule has 1 amide bonds. The van der Waals surface area contributed by atoms with Gasteiger partial charge in [0.15, 0.2) is 5.13 Å². The topological polar surface area (TPSA) is 54.0 Å². The third kappa shape index (κ3) is 3.04. The maximum absolute atomic E-state index is 11.3. The summed E-state index contributed by atoms with van der Waals surface area (Å²) in [7, 11) is 1.63. The first-order valence-electron chi connectivity index (χ1n) is 5.24. The molecule has 2 rings (SSSR count). The first-order chi connectivity index (χ1) is 8.29. The lowest BCUT2D eigenvalue weighted by Gasteiger charge is -2.04. The van der Waals surface area contributed by atoms with Gasteiger partial charge in [0.05, 0.1) is 0 Å². The van der Waals surface area contributed by atoms with Gasteiger partial charge in [0.2, 0.25) is 0 Å². The Morgan fingerprint density at radius 2 is 2.12 bits per heavy atom. The molecule has 1 aromatic carbocycles. The molecule has 88 valence electrons. The van der Waals surface area contributed by atoms with Crippen LogP contribution in [0.5, 0.6) is 0 Å². The molecule has 0 spiro atoms. The summed E-state index contributed by atoms with van der Waals surface area (Å²) in [6.45, 7) is 0.710. The van der Waals surface area contributed by atoms with Crippen LogP contribution in [0, 0.1) is 0 Å². The number of anilines is 1. The molecule has 1 aromatic heterocycles. The predicted octanol–water partition coefficient (Wildman–Crippen LogP) is 2.11. The fourth-order valence-corrected chi connectivity index (χ4v) is 1.93. The summed E-state index contributed by atoms with van der Waals surface area (Å²) >= 11 is 1.57. The lowest BCUT2D eigenvalue weighted by atomic mass is 10.1. The molecule has 2 N–H and O–H groups in total. The van der Waals surface area contributed by atoms with Gasteiger partial charge < -0.3 is 10.6 Å². The van der Waals surface area contributed by atoms with E-state index in [0.29, 0.717) is 12.1 Å². The van der Waals surface area contributed by atoms with Crippen LogP contribution >= 0.6 is 11.3 Å². The second kappa shape index (κ2) is 5.45. The van der Waals surface area contributed by atoms with Gasteiger partial charge >= 0.3 is 0 Å². The van der Waals surface area contributed by atoms with Crippen molar-refractivity contribution >= 4 is 22.4 Å². The van der Waals surface area contributed by atoms with E-state index in [2.05, 4.69) is 15.6 Å². The average Bonchev–Trinajstić information content (AvgIpc) is 2.89. The van der Waals surface area contributed by atoms with E-state index in [9.17, 15) is 4.79 Å². The maximum Gasteiger partial charge on any atom is 0.251 e. The van der Waals surface area contributed by atoms with E-state index in [1.807, 2.05) is 29.6 Å². The third-order valence-electron chi connectivity index (χ3n) is 2.32. The molecular weight excluding hydrogens is 234 g/mol. The van der Waals surface area contributed by atoms with Crippen molar-refractivity contribution in [1.82, 2.24) is 10.3 Å². The number of nitrogens with zero attached hydrogens (tertiary/aromatic N) is 1. The van der Waals surface area contributed by atoms with E-state index in [0.717, 1.165) is 10.7 Å². The Morgan fingerprint density at radius 3 is 2.71 bits per heavy atom. The fraction of sp³-hybridized carbons (Fsp3) is 0.167. The zero-order valence-corrected chi connectivity index (χ0v) is 10.3. The predicted molar refractivity (Wildman–Crippen MR) is 69.3 cm³/mol. The van der Waals surface area contributed by atoms with Crippen LogP contribution < -0.4 is 10.6 Å². The van der Waals surface area contributed by atoms with E-state index in [1.54, 1.807) is 24.6 Å². The number of hydrogen-bond acceptors (Lipinski definition) is 4. The van der Waals surface area contributed by atoms with Crippen LogP contribution in [0.25, 0.3) is 0 Å². The largest absolute Gasteiger partial charge is 0.357 e. The average molecular weight is 247 g/mol. The van der Waals surface area contributed by atoms with Gasteiger partial charge in [0, 0.05) is 30.7 Å². The Bertz CT molecular complexity index is 479. The lowest BCUT2D eigenvalue weighted by molar-refractivity contribution is 0.0963. The molecule has 0 aliphatic heterocycles. The molecule has 0 saturated carbocycles. The number of carbonyl (C=O) groups is 1. The van der Waals surface area contributed by atoms with E-state index in [4.69, 9.17) is 0 Å². The molecule has 5 heteroatoms. The molecule has 0 radical (unpaired) electrons. The minimum atomic E-state index is -0.0653. The molecule has 1 heterocycles. The summed E-state index contributed by atoms with van der Waals surface area (Å²) in [4.78, 5) is 15.5. The van der Waals surface area contributed by atoms with Gasteiger partial charge in [0.1, 0.15) is 0 Å². The number of amides is 1. The van der Waals surface area contributed by atoms with Gasteiger partial charge in [-0.15, -0.1) is 11.3 Å². The van der Waals surface area contributed by atoms with E-state index in [1.165, 1.54) is 0 Å². The number of hydrogen-bond donors (Lipinski definition) is 2. The van der Waals surface area contributed by atoms with Gasteiger partial charge in [-0.3, -0.25) is 4.79 Å². The second-order valence-corrected chi connectivity index (χ2v) is 4.36. The van der Waals surface area contributed by atoms with Crippen molar-refractivity contribution in [2.75, 3.05) is 12.4 Å². The van der Waals surface area contributed by atoms with Crippen LogP contribution in [0.15, 0.2) is 35.8 Å². The third-order valence-corrected chi connectivity index (χ3v) is 3.05. The van der Waals surface area contributed by atoms with Crippen LogP contribution in [0.4, 0.5) is 5.13 Å². The van der Waals surface area contributed by atoms with Crippen LogP contribution in [0.2, 0.25) is 0 Å². The number of benzene rings is 1. The Morgan fingerprint density at radius 1 is 1.35 bits per heavy atom. The van der Waals surface area contributed by atoms with Crippen LogP contribution in [0.3, 0.4) is 0 Å². The standard InChI is InChI=1S/C12H13N3OS/c1-13-11(16)10-4-2-9(3-5-10)8-15-12-14-6-7-17-12/h2-7H,8H2,1H3,(H,13,16)(H,14,15). The number of aromatic nitrogens is 1. The first-order valence-corrected chi connectivity index (χ1v) is 6.12.